The minimum absolute atomic E-state index is 0.283. The van der Waals surface area contributed by atoms with Gasteiger partial charge in [0.1, 0.15) is 10.0 Å². The van der Waals surface area contributed by atoms with Gasteiger partial charge in [0, 0.05) is 5.56 Å². The van der Waals surface area contributed by atoms with Crippen molar-refractivity contribution in [3.8, 4) is 10.6 Å². The van der Waals surface area contributed by atoms with Crippen LogP contribution in [0.25, 0.3) is 10.6 Å². The maximum absolute atomic E-state index is 4.34. The van der Waals surface area contributed by atoms with Crippen molar-refractivity contribution in [3.63, 3.8) is 0 Å². The average Bonchev–Trinajstić information content (AvgIpc) is 3.07. The van der Waals surface area contributed by atoms with Crippen molar-refractivity contribution in [2.75, 3.05) is 6.54 Å². The first kappa shape index (κ1) is 12.8. The lowest BCUT2D eigenvalue weighted by Crippen LogP contribution is -2.17. The molecule has 3 nitrogen and oxygen atoms in total. The maximum Gasteiger partial charge on any atom is 0.147 e. The first-order valence-electron chi connectivity index (χ1n) is 6.97. The second-order valence-electron chi connectivity index (χ2n) is 5.06. The summed E-state index contributed by atoms with van der Waals surface area (Å²) in [5.41, 5.74) is 4.22. The highest BCUT2D eigenvalue weighted by molar-refractivity contribution is 7.14. The van der Waals surface area contributed by atoms with E-state index in [1.807, 2.05) is 0 Å². The van der Waals surface area contributed by atoms with Crippen LogP contribution in [-0.2, 0) is 12.8 Å². The summed E-state index contributed by atoms with van der Waals surface area (Å²) in [5, 5.41) is 14.1. The van der Waals surface area contributed by atoms with Gasteiger partial charge in [0.05, 0.1) is 6.04 Å². The highest BCUT2D eigenvalue weighted by atomic mass is 32.1. The van der Waals surface area contributed by atoms with Gasteiger partial charge in [0.15, 0.2) is 0 Å². The highest BCUT2D eigenvalue weighted by Gasteiger charge is 2.15. The van der Waals surface area contributed by atoms with Crippen molar-refractivity contribution < 1.29 is 0 Å². The van der Waals surface area contributed by atoms with Crippen LogP contribution in [0, 0.1) is 0 Å². The number of hydrogen-bond donors (Lipinski definition) is 1. The van der Waals surface area contributed by atoms with Gasteiger partial charge < -0.3 is 5.32 Å². The molecule has 0 spiro atoms. The van der Waals surface area contributed by atoms with E-state index >= 15 is 0 Å². The van der Waals surface area contributed by atoms with E-state index in [0.29, 0.717) is 0 Å². The molecule has 0 amide bonds. The van der Waals surface area contributed by atoms with Crippen LogP contribution >= 0.6 is 11.3 Å². The van der Waals surface area contributed by atoms with E-state index in [0.717, 1.165) is 16.6 Å². The standard InChI is InChI=1S/C15H19N3S/c1-3-16-10(2)14-17-18-15(19-14)13-8-7-11-5-4-6-12(11)9-13/h7-10,16H,3-6H2,1-2H3. The second-order valence-corrected chi connectivity index (χ2v) is 6.07. The first-order chi connectivity index (χ1) is 9.28. The molecular formula is C15H19N3S. The van der Waals surface area contributed by atoms with E-state index in [9.17, 15) is 0 Å². The van der Waals surface area contributed by atoms with Crippen LogP contribution in [0.2, 0.25) is 0 Å². The largest absolute Gasteiger partial charge is 0.308 e. The SMILES string of the molecule is CCNC(C)c1nnc(-c2ccc3c(c2)CCC3)s1. The fourth-order valence-corrected chi connectivity index (χ4v) is 3.49. The van der Waals surface area contributed by atoms with E-state index in [-0.39, 0.29) is 6.04 Å². The smallest absolute Gasteiger partial charge is 0.147 e. The Labute approximate surface area is 118 Å². The fourth-order valence-electron chi connectivity index (χ4n) is 2.62. The molecule has 0 saturated heterocycles. The minimum atomic E-state index is 0.283. The van der Waals surface area contributed by atoms with E-state index in [4.69, 9.17) is 0 Å². The lowest BCUT2D eigenvalue weighted by atomic mass is 10.1. The molecular weight excluding hydrogens is 254 g/mol. The van der Waals surface area contributed by atoms with Crippen molar-refractivity contribution in [2.45, 2.75) is 39.2 Å². The molecule has 1 N–H and O–H groups in total. The topological polar surface area (TPSA) is 37.8 Å². The van der Waals surface area contributed by atoms with Gasteiger partial charge in [0.25, 0.3) is 0 Å². The Morgan fingerprint density at radius 2 is 2.11 bits per heavy atom. The van der Waals surface area contributed by atoms with Gasteiger partial charge >= 0.3 is 0 Å². The molecule has 0 radical (unpaired) electrons. The molecule has 100 valence electrons. The van der Waals surface area contributed by atoms with Crippen LogP contribution in [0.15, 0.2) is 18.2 Å². The fraction of sp³-hybridized carbons (Fsp3) is 0.467. The molecule has 1 aromatic heterocycles. The van der Waals surface area contributed by atoms with Crippen LogP contribution in [0.5, 0.6) is 0 Å². The summed E-state index contributed by atoms with van der Waals surface area (Å²) in [4.78, 5) is 0. The van der Waals surface area contributed by atoms with Gasteiger partial charge in [-0.2, -0.15) is 0 Å². The molecule has 0 aliphatic heterocycles. The zero-order chi connectivity index (χ0) is 13.2. The zero-order valence-corrected chi connectivity index (χ0v) is 12.3. The number of rotatable bonds is 4. The Morgan fingerprint density at radius 1 is 1.26 bits per heavy atom. The van der Waals surface area contributed by atoms with Crippen LogP contribution in [0.3, 0.4) is 0 Å². The molecule has 19 heavy (non-hydrogen) atoms. The van der Waals surface area contributed by atoms with Crippen molar-refractivity contribution in [1.82, 2.24) is 15.5 Å². The Bertz CT molecular complexity index is 577. The molecule has 0 fully saturated rings. The number of fused-ring (bicyclic) bond motifs is 1. The Hall–Kier alpha value is -1.26. The summed E-state index contributed by atoms with van der Waals surface area (Å²) in [6.45, 7) is 5.20. The van der Waals surface area contributed by atoms with E-state index < -0.39 is 0 Å². The van der Waals surface area contributed by atoms with Gasteiger partial charge in [0.2, 0.25) is 0 Å². The second kappa shape index (κ2) is 5.39. The summed E-state index contributed by atoms with van der Waals surface area (Å²) in [6.07, 6.45) is 3.73. The molecule has 1 aromatic carbocycles. The predicted molar refractivity (Wildman–Crippen MR) is 79.5 cm³/mol. The van der Waals surface area contributed by atoms with Crippen molar-refractivity contribution in [2.24, 2.45) is 0 Å². The van der Waals surface area contributed by atoms with Crippen molar-refractivity contribution in [3.05, 3.63) is 34.3 Å². The molecule has 1 aliphatic carbocycles. The molecule has 1 aliphatic rings. The number of nitrogens with one attached hydrogen (secondary N) is 1. The molecule has 2 aromatic rings. The third-order valence-corrected chi connectivity index (χ3v) is 4.82. The third kappa shape index (κ3) is 2.55. The molecule has 4 heteroatoms. The summed E-state index contributed by atoms with van der Waals surface area (Å²) < 4.78 is 0. The minimum Gasteiger partial charge on any atom is -0.308 e. The Kier molecular flexibility index (Phi) is 3.62. The van der Waals surface area contributed by atoms with Gasteiger partial charge in [-0.1, -0.05) is 30.4 Å². The normalized spacial score (nSPS) is 15.5. The molecule has 3 rings (SSSR count). The van der Waals surface area contributed by atoms with Gasteiger partial charge in [-0.15, -0.1) is 10.2 Å². The number of hydrogen-bond acceptors (Lipinski definition) is 4. The summed E-state index contributed by atoms with van der Waals surface area (Å²) >= 11 is 1.69. The quantitative estimate of drug-likeness (QED) is 0.928. The molecule has 0 bridgehead atoms. The van der Waals surface area contributed by atoms with Gasteiger partial charge in [-0.25, -0.2) is 0 Å². The molecule has 0 saturated carbocycles. The van der Waals surface area contributed by atoms with Gasteiger partial charge in [-0.3, -0.25) is 0 Å². The number of benzene rings is 1. The molecule has 1 heterocycles. The van der Waals surface area contributed by atoms with Crippen molar-refractivity contribution in [1.29, 1.82) is 0 Å². The number of aryl methyl sites for hydroxylation is 2. The van der Waals surface area contributed by atoms with E-state index in [1.54, 1.807) is 11.3 Å². The van der Waals surface area contributed by atoms with E-state index in [1.165, 1.54) is 36.0 Å². The molecule has 1 unspecified atom stereocenters. The van der Waals surface area contributed by atoms with Gasteiger partial charge in [-0.05, 0) is 49.9 Å². The Morgan fingerprint density at radius 3 is 2.95 bits per heavy atom. The van der Waals surface area contributed by atoms with Crippen LogP contribution in [0.1, 0.15) is 42.4 Å². The Balaban J connectivity index is 1.86. The van der Waals surface area contributed by atoms with Crippen molar-refractivity contribution >= 4 is 11.3 Å². The maximum atomic E-state index is 4.34. The summed E-state index contributed by atoms with van der Waals surface area (Å²) in [5.74, 6) is 0. The summed E-state index contributed by atoms with van der Waals surface area (Å²) in [6, 6.07) is 7.02. The number of nitrogens with zero attached hydrogens (tertiary/aromatic N) is 2. The first-order valence-corrected chi connectivity index (χ1v) is 7.78. The third-order valence-electron chi connectivity index (χ3n) is 3.67. The zero-order valence-electron chi connectivity index (χ0n) is 11.4. The predicted octanol–water partition coefficient (Wildman–Crippen LogP) is 3.36. The lowest BCUT2D eigenvalue weighted by molar-refractivity contribution is 0.590. The van der Waals surface area contributed by atoms with Crippen LogP contribution in [0.4, 0.5) is 0 Å². The number of aromatic nitrogens is 2. The molecule has 1 atom stereocenters. The van der Waals surface area contributed by atoms with Crippen LogP contribution in [-0.4, -0.2) is 16.7 Å². The van der Waals surface area contributed by atoms with E-state index in [2.05, 4.69) is 47.6 Å². The highest BCUT2D eigenvalue weighted by Crippen LogP contribution is 2.31. The average molecular weight is 273 g/mol. The van der Waals surface area contributed by atoms with Crippen LogP contribution < -0.4 is 5.32 Å². The monoisotopic (exact) mass is 273 g/mol. The lowest BCUT2D eigenvalue weighted by Gasteiger charge is -2.06. The summed E-state index contributed by atoms with van der Waals surface area (Å²) in [7, 11) is 0.